The van der Waals surface area contributed by atoms with E-state index in [0.29, 0.717) is 0 Å². The van der Waals surface area contributed by atoms with E-state index in [1.807, 2.05) is 6.07 Å². The fourth-order valence-corrected chi connectivity index (χ4v) is 13.3. The SMILES string of the molecule is C=I1(c2ccc(-c3nc4ccccn4c3-c3ccccc3)cc2)c2ccccc2-c2ccccc21. The standard InChI is InChI=1S/C32H23IN2/c1-33(28-15-7-5-13-26(28)27-14-6-8-16-29(27)33)25-20-18-23(19-21-25)31-32(24-11-3-2-4-12-24)35-22-10-9-17-30(35)34-31/h2-22H,1H2. The number of hydrogen-bond donors (Lipinski definition) is 0. The van der Waals surface area contributed by atoms with Gasteiger partial charge >= 0.3 is 209 Å². The van der Waals surface area contributed by atoms with Crippen LogP contribution in [0.1, 0.15) is 0 Å². The number of benzene rings is 4. The minimum atomic E-state index is -2.87. The van der Waals surface area contributed by atoms with E-state index in [1.54, 1.807) is 0 Å². The molecule has 0 radical (unpaired) electrons. The molecule has 0 saturated carbocycles. The van der Waals surface area contributed by atoms with Crippen LogP contribution in [-0.4, -0.2) is 13.9 Å². The van der Waals surface area contributed by atoms with Crippen LogP contribution < -0.4 is 0 Å². The molecule has 0 unspecified atom stereocenters. The maximum absolute atomic E-state index is 5.04. The molecule has 3 heteroatoms. The summed E-state index contributed by atoms with van der Waals surface area (Å²) in [6.45, 7) is 0. The number of imidazole rings is 1. The van der Waals surface area contributed by atoms with E-state index in [-0.39, 0.29) is 0 Å². The molecule has 168 valence electrons. The first-order valence-corrected chi connectivity index (χ1v) is 16.4. The van der Waals surface area contributed by atoms with Crippen molar-refractivity contribution in [2.75, 3.05) is 0 Å². The number of aromatic nitrogens is 2. The Hall–Kier alpha value is -3.83. The quantitative estimate of drug-likeness (QED) is 0.199. The maximum atomic E-state index is 5.04. The Bertz CT molecular complexity index is 1710. The van der Waals surface area contributed by atoms with Gasteiger partial charge in [0.1, 0.15) is 0 Å². The second kappa shape index (κ2) is 7.85. The third-order valence-corrected chi connectivity index (χ3v) is 15.5. The first-order valence-electron chi connectivity index (χ1n) is 11.7. The van der Waals surface area contributed by atoms with Gasteiger partial charge in [-0.05, 0) is 0 Å². The van der Waals surface area contributed by atoms with Crippen molar-refractivity contribution in [3.05, 3.63) is 138 Å². The van der Waals surface area contributed by atoms with Crippen LogP contribution in [-0.2, 0) is 0 Å². The van der Waals surface area contributed by atoms with Gasteiger partial charge in [0.2, 0.25) is 0 Å². The van der Waals surface area contributed by atoms with E-state index in [2.05, 4.69) is 126 Å². The van der Waals surface area contributed by atoms with Crippen molar-refractivity contribution >= 4 is 28.1 Å². The summed E-state index contributed by atoms with van der Waals surface area (Å²) >= 11 is -2.87. The summed E-state index contributed by atoms with van der Waals surface area (Å²) in [6, 6.07) is 43.5. The van der Waals surface area contributed by atoms with Crippen LogP contribution >= 0.6 is 18.0 Å². The van der Waals surface area contributed by atoms with Crippen molar-refractivity contribution in [1.29, 1.82) is 0 Å². The molecule has 0 aliphatic carbocycles. The van der Waals surface area contributed by atoms with Crippen LogP contribution in [0.4, 0.5) is 0 Å². The Morgan fingerprint density at radius 1 is 0.571 bits per heavy atom. The van der Waals surface area contributed by atoms with Crippen molar-refractivity contribution in [3.8, 4) is 33.6 Å². The fourth-order valence-electron chi connectivity index (χ4n) is 5.16. The molecule has 2 aromatic heterocycles. The zero-order valence-corrected chi connectivity index (χ0v) is 21.3. The molecule has 0 atom stereocenters. The van der Waals surface area contributed by atoms with E-state index in [4.69, 9.17) is 9.50 Å². The Labute approximate surface area is 208 Å². The van der Waals surface area contributed by atoms with Gasteiger partial charge in [0, 0.05) is 0 Å². The third kappa shape index (κ3) is 3.01. The Morgan fingerprint density at radius 2 is 1.17 bits per heavy atom. The summed E-state index contributed by atoms with van der Waals surface area (Å²) in [6.07, 6.45) is 2.09. The summed E-state index contributed by atoms with van der Waals surface area (Å²) in [4.78, 5) is 5.04. The van der Waals surface area contributed by atoms with Crippen molar-refractivity contribution in [1.82, 2.24) is 9.38 Å². The predicted octanol–water partition coefficient (Wildman–Crippen LogP) is 8.03. The van der Waals surface area contributed by atoms with Crippen LogP contribution in [0.25, 0.3) is 39.3 Å². The van der Waals surface area contributed by atoms with Crippen LogP contribution in [0.2, 0.25) is 0 Å². The zero-order chi connectivity index (χ0) is 23.4. The van der Waals surface area contributed by atoms with Crippen LogP contribution in [0.5, 0.6) is 0 Å². The molecular weight excluding hydrogens is 539 g/mol. The van der Waals surface area contributed by atoms with Crippen molar-refractivity contribution < 1.29 is 0 Å². The van der Waals surface area contributed by atoms with Gasteiger partial charge in [-0.25, -0.2) is 0 Å². The number of hydrogen-bond acceptors (Lipinski definition) is 1. The van der Waals surface area contributed by atoms with Crippen molar-refractivity contribution in [2.45, 2.75) is 0 Å². The van der Waals surface area contributed by atoms with E-state index < -0.39 is 18.0 Å². The molecule has 2 nitrogen and oxygen atoms in total. The third-order valence-electron chi connectivity index (χ3n) is 6.80. The Kier molecular flexibility index (Phi) is 4.61. The monoisotopic (exact) mass is 562 g/mol. The molecule has 0 spiro atoms. The fraction of sp³-hybridized carbons (Fsp3) is 0. The molecule has 0 amide bonds. The molecule has 0 N–H and O–H groups in total. The summed E-state index contributed by atoms with van der Waals surface area (Å²) in [7, 11) is 0. The van der Waals surface area contributed by atoms with Crippen LogP contribution in [0, 0.1) is 10.7 Å². The van der Waals surface area contributed by atoms with Crippen molar-refractivity contribution in [2.24, 2.45) is 0 Å². The Morgan fingerprint density at radius 3 is 1.86 bits per heavy atom. The summed E-state index contributed by atoms with van der Waals surface area (Å²) in [5, 5.41) is 0. The Balaban J connectivity index is 1.40. The number of fused-ring (bicyclic) bond motifs is 4. The summed E-state index contributed by atoms with van der Waals surface area (Å²) in [5.74, 6) is 0. The van der Waals surface area contributed by atoms with Gasteiger partial charge in [-0.2, -0.15) is 0 Å². The van der Waals surface area contributed by atoms with Gasteiger partial charge in [-0.15, -0.1) is 0 Å². The molecule has 35 heavy (non-hydrogen) atoms. The van der Waals surface area contributed by atoms with Gasteiger partial charge in [-0.1, -0.05) is 0 Å². The second-order valence-corrected chi connectivity index (χ2v) is 16.2. The summed E-state index contributed by atoms with van der Waals surface area (Å²) < 4.78 is 11.4. The number of rotatable bonds is 3. The van der Waals surface area contributed by atoms with E-state index in [0.717, 1.165) is 28.2 Å². The second-order valence-electron chi connectivity index (χ2n) is 8.75. The molecular formula is C32H23IN2. The minimum absolute atomic E-state index is 0.954. The molecule has 3 heterocycles. The summed E-state index contributed by atoms with van der Waals surface area (Å²) in [5.41, 5.74) is 8.07. The van der Waals surface area contributed by atoms with E-state index >= 15 is 0 Å². The first kappa shape index (κ1) is 20.5. The molecule has 0 bridgehead atoms. The molecule has 1 aliphatic heterocycles. The molecule has 7 rings (SSSR count). The van der Waals surface area contributed by atoms with Crippen LogP contribution in [0.3, 0.4) is 0 Å². The molecule has 6 aromatic rings. The zero-order valence-electron chi connectivity index (χ0n) is 19.1. The normalized spacial score (nSPS) is 14.4. The van der Waals surface area contributed by atoms with E-state index in [1.165, 1.54) is 21.8 Å². The van der Waals surface area contributed by atoms with Gasteiger partial charge in [-0.3, -0.25) is 0 Å². The first-order chi connectivity index (χ1) is 17.2. The number of halogens is 1. The van der Waals surface area contributed by atoms with Gasteiger partial charge in [0.15, 0.2) is 0 Å². The van der Waals surface area contributed by atoms with Crippen LogP contribution in [0.15, 0.2) is 128 Å². The topological polar surface area (TPSA) is 17.3 Å². The average molecular weight is 562 g/mol. The molecule has 1 aliphatic rings. The van der Waals surface area contributed by atoms with Gasteiger partial charge in [0.25, 0.3) is 0 Å². The molecule has 4 aromatic carbocycles. The predicted molar refractivity (Wildman–Crippen MR) is 155 cm³/mol. The number of pyridine rings is 1. The van der Waals surface area contributed by atoms with Gasteiger partial charge in [0.05, 0.1) is 0 Å². The van der Waals surface area contributed by atoms with Crippen molar-refractivity contribution in [3.63, 3.8) is 0 Å². The average Bonchev–Trinajstić information content (AvgIpc) is 3.44. The molecule has 0 saturated heterocycles. The molecule has 0 fully saturated rings. The number of nitrogens with zero attached hydrogens (tertiary/aromatic N) is 2. The van der Waals surface area contributed by atoms with E-state index in [9.17, 15) is 0 Å². The van der Waals surface area contributed by atoms with Gasteiger partial charge < -0.3 is 0 Å².